The summed E-state index contributed by atoms with van der Waals surface area (Å²) in [5, 5.41) is 0.0374. The number of aryl methyl sites for hydroxylation is 2. The van der Waals surface area contributed by atoms with Crippen LogP contribution in [0.4, 0.5) is 0 Å². The number of benzene rings is 1. The Labute approximate surface area is 123 Å². The Hall–Kier alpha value is -1.88. The zero-order valence-corrected chi connectivity index (χ0v) is 12.6. The largest absolute Gasteiger partial charge is 0.461 e. The molecule has 6 heteroatoms. The molecule has 0 saturated carbocycles. The second-order valence-corrected chi connectivity index (χ2v) is 5.05. The quantitative estimate of drug-likeness (QED) is 0.860. The van der Waals surface area contributed by atoms with Crippen LogP contribution in [0, 0.1) is 13.8 Å². The molecule has 106 valence electrons. The molecule has 0 bridgehead atoms. The first-order valence-corrected chi connectivity index (χ1v) is 6.65. The van der Waals surface area contributed by atoms with E-state index in [0.29, 0.717) is 5.75 Å². The highest BCUT2D eigenvalue weighted by atomic mass is 35.5. The molecule has 0 fully saturated rings. The molecule has 0 radical (unpaired) electrons. The topological polar surface area (TPSA) is 57.1 Å². The molecule has 1 aromatic heterocycles. The third-order valence-corrected chi connectivity index (χ3v) is 2.61. The minimum absolute atomic E-state index is 0.0374. The van der Waals surface area contributed by atoms with Gasteiger partial charge in [-0.2, -0.15) is 9.97 Å². The maximum absolute atomic E-state index is 5.84. The molecule has 1 heterocycles. The Morgan fingerprint density at radius 3 is 2.40 bits per heavy atom. The van der Waals surface area contributed by atoms with E-state index in [1.54, 1.807) is 0 Å². The van der Waals surface area contributed by atoms with Crippen molar-refractivity contribution in [3.63, 3.8) is 0 Å². The minimum Gasteiger partial charge on any atom is -0.461 e. The smallest absolute Gasteiger partial charge is 0.329 e. The molecule has 0 saturated heterocycles. The fourth-order valence-electron chi connectivity index (χ4n) is 1.64. The Morgan fingerprint density at radius 2 is 1.75 bits per heavy atom. The Balaban J connectivity index is 2.26. The highest BCUT2D eigenvalue weighted by molar-refractivity contribution is 6.28. The van der Waals surface area contributed by atoms with Gasteiger partial charge in [0.05, 0.1) is 6.10 Å². The molecule has 20 heavy (non-hydrogen) atoms. The van der Waals surface area contributed by atoms with Gasteiger partial charge in [0, 0.05) is 0 Å². The summed E-state index contributed by atoms with van der Waals surface area (Å²) in [5.74, 6) is 0.674. The van der Waals surface area contributed by atoms with Crippen molar-refractivity contribution < 1.29 is 9.47 Å². The van der Waals surface area contributed by atoms with E-state index in [0.717, 1.165) is 11.1 Å². The predicted molar refractivity (Wildman–Crippen MR) is 76.6 cm³/mol. The third-order valence-electron chi connectivity index (χ3n) is 2.44. The summed E-state index contributed by atoms with van der Waals surface area (Å²) in [5.41, 5.74) is 2.15. The molecule has 0 aliphatic heterocycles. The fourth-order valence-corrected chi connectivity index (χ4v) is 1.78. The summed E-state index contributed by atoms with van der Waals surface area (Å²) in [6, 6.07) is 6.11. The monoisotopic (exact) mass is 293 g/mol. The average Bonchev–Trinajstić information content (AvgIpc) is 2.31. The van der Waals surface area contributed by atoms with Crippen LogP contribution in [0.15, 0.2) is 18.2 Å². The van der Waals surface area contributed by atoms with Gasteiger partial charge < -0.3 is 9.47 Å². The van der Waals surface area contributed by atoms with Crippen molar-refractivity contribution in [1.29, 1.82) is 0 Å². The summed E-state index contributed by atoms with van der Waals surface area (Å²) in [7, 11) is 0. The van der Waals surface area contributed by atoms with Gasteiger partial charge in [0.2, 0.25) is 5.28 Å². The van der Waals surface area contributed by atoms with Crippen LogP contribution in [-0.2, 0) is 0 Å². The van der Waals surface area contributed by atoms with Gasteiger partial charge in [-0.3, -0.25) is 0 Å². The third kappa shape index (κ3) is 3.81. The molecule has 0 aliphatic carbocycles. The van der Waals surface area contributed by atoms with Gasteiger partial charge in [0.15, 0.2) is 0 Å². The second-order valence-electron chi connectivity index (χ2n) is 4.71. The number of halogens is 1. The summed E-state index contributed by atoms with van der Waals surface area (Å²) in [6.07, 6.45) is -0.0533. The van der Waals surface area contributed by atoms with E-state index in [1.807, 2.05) is 45.9 Å². The number of nitrogens with zero attached hydrogens (tertiary/aromatic N) is 3. The van der Waals surface area contributed by atoms with Gasteiger partial charge >= 0.3 is 12.0 Å². The summed E-state index contributed by atoms with van der Waals surface area (Å²) in [6.45, 7) is 7.73. The molecule has 0 atom stereocenters. The molecule has 2 rings (SSSR count). The van der Waals surface area contributed by atoms with Gasteiger partial charge in [0.1, 0.15) is 5.75 Å². The van der Waals surface area contributed by atoms with E-state index >= 15 is 0 Å². The maximum Gasteiger partial charge on any atom is 0.329 e. The Morgan fingerprint density at radius 1 is 1.05 bits per heavy atom. The van der Waals surface area contributed by atoms with Crippen molar-refractivity contribution in [2.45, 2.75) is 33.8 Å². The normalized spacial score (nSPS) is 10.7. The van der Waals surface area contributed by atoms with E-state index in [2.05, 4.69) is 15.0 Å². The lowest BCUT2D eigenvalue weighted by atomic mass is 10.1. The molecule has 1 aromatic carbocycles. The predicted octanol–water partition coefficient (Wildman–Crippen LogP) is 3.72. The standard InChI is InChI=1S/C14H16ClN3O2/c1-8(2)19-13-16-12(15)17-14(18-13)20-11-6-5-9(3)7-10(11)4/h5-8H,1-4H3. The van der Waals surface area contributed by atoms with Gasteiger partial charge in [0.25, 0.3) is 0 Å². The molecule has 0 N–H and O–H groups in total. The molecule has 2 aromatic rings. The number of hydrogen-bond acceptors (Lipinski definition) is 5. The summed E-state index contributed by atoms with van der Waals surface area (Å²) < 4.78 is 11.0. The highest BCUT2D eigenvalue weighted by Gasteiger charge is 2.10. The van der Waals surface area contributed by atoms with E-state index in [4.69, 9.17) is 21.1 Å². The fraction of sp³-hybridized carbons (Fsp3) is 0.357. The van der Waals surface area contributed by atoms with Gasteiger partial charge in [-0.15, -0.1) is 4.98 Å². The lowest BCUT2D eigenvalue weighted by molar-refractivity contribution is 0.218. The molecule has 0 aliphatic rings. The van der Waals surface area contributed by atoms with Crippen molar-refractivity contribution >= 4 is 11.6 Å². The van der Waals surface area contributed by atoms with Crippen LogP contribution in [0.2, 0.25) is 5.28 Å². The van der Waals surface area contributed by atoms with Crippen LogP contribution < -0.4 is 9.47 Å². The van der Waals surface area contributed by atoms with E-state index < -0.39 is 0 Å². The highest BCUT2D eigenvalue weighted by Crippen LogP contribution is 2.25. The molecule has 5 nitrogen and oxygen atoms in total. The van der Waals surface area contributed by atoms with Crippen LogP contribution in [-0.4, -0.2) is 21.1 Å². The van der Waals surface area contributed by atoms with E-state index in [9.17, 15) is 0 Å². The number of rotatable bonds is 4. The van der Waals surface area contributed by atoms with Gasteiger partial charge in [-0.05, 0) is 50.9 Å². The number of aromatic nitrogens is 3. The van der Waals surface area contributed by atoms with E-state index in [1.165, 1.54) is 0 Å². The summed E-state index contributed by atoms with van der Waals surface area (Å²) in [4.78, 5) is 11.9. The molecule has 0 amide bonds. The van der Waals surface area contributed by atoms with Gasteiger partial charge in [-0.25, -0.2) is 0 Å². The number of hydrogen-bond donors (Lipinski definition) is 0. The van der Waals surface area contributed by atoms with Crippen molar-refractivity contribution in [1.82, 2.24) is 15.0 Å². The van der Waals surface area contributed by atoms with Crippen molar-refractivity contribution in [2.24, 2.45) is 0 Å². The first-order valence-electron chi connectivity index (χ1n) is 6.27. The Bertz CT molecular complexity index is 617. The zero-order valence-electron chi connectivity index (χ0n) is 11.8. The lowest BCUT2D eigenvalue weighted by Gasteiger charge is -2.10. The van der Waals surface area contributed by atoms with Crippen LogP contribution in [0.25, 0.3) is 0 Å². The minimum atomic E-state index is -0.0533. The summed E-state index contributed by atoms with van der Waals surface area (Å²) >= 11 is 5.84. The first kappa shape index (κ1) is 14.5. The molecular weight excluding hydrogens is 278 g/mol. The van der Waals surface area contributed by atoms with Crippen molar-refractivity contribution in [3.8, 4) is 17.8 Å². The SMILES string of the molecule is Cc1ccc(Oc2nc(Cl)nc(OC(C)C)n2)c(C)c1. The molecule has 0 spiro atoms. The molecule has 0 unspecified atom stereocenters. The second kappa shape index (κ2) is 6.05. The van der Waals surface area contributed by atoms with Crippen molar-refractivity contribution in [2.75, 3.05) is 0 Å². The number of ether oxygens (including phenoxy) is 2. The average molecular weight is 294 g/mol. The van der Waals surface area contributed by atoms with Crippen LogP contribution in [0.5, 0.6) is 17.8 Å². The molecular formula is C14H16ClN3O2. The van der Waals surface area contributed by atoms with E-state index in [-0.39, 0.29) is 23.4 Å². The van der Waals surface area contributed by atoms with Gasteiger partial charge in [-0.1, -0.05) is 17.7 Å². The zero-order chi connectivity index (χ0) is 14.7. The van der Waals surface area contributed by atoms with Crippen LogP contribution in [0.3, 0.4) is 0 Å². The maximum atomic E-state index is 5.84. The van der Waals surface area contributed by atoms with Crippen molar-refractivity contribution in [3.05, 3.63) is 34.6 Å². The first-order chi connectivity index (χ1) is 9.44. The van der Waals surface area contributed by atoms with Crippen LogP contribution >= 0.6 is 11.6 Å². The Kier molecular flexibility index (Phi) is 4.39. The van der Waals surface area contributed by atoms with Crippen LogP contribution in [0.1, 0.15) is 25.0 Å². The lowest BCUT2D eigenvalue weighted by Crippen LogP contribution is -2.09.